The molecule has 0 heterocycles. The third kappa shape index (κ3) is 3.74. The van der Waals surface area contributed by atoms with Crippen LogP contribution in [0.15, 0.2) is 0 Å². The maximum absolute atomic E-state index is 11.4. The number of rotatable bonds is 6. The Morgan fingerprint density at radius 1 is 1.43 bits per heavy atom. The van der Waals surface area contributed by atoms with Gasteiger partial charge in [0.25, 0.3) is 0 Å². The summed E-state index contributed by atoms with van der Waals surface area (Å²) in [5.41, 5.74) is 0. The van der Waals surface area contributed by atoms with Gasteiger partial charge in [0.05, 0.1) is 6.54 Å². The van der Waals surface area contributed by atoms with E-state index in [0.29, 0.717) is 13.0 Å². The van der Waals surface area contributed by atoms with Gasteiger partial charge >= 0.3 is 5.97 Å². The van der Waals surface area contributed by atoms with Crippen LogP contribution in [0.2, 0.25) is 0 Å². The molecule has 0 aromatic heterocycles. The molecule has 0 saturated carbocycles. The molecule has 5 nitrogen and oxygen atoms in total. The molecule has 2 N–H and O–H groups in total. The van der Waals surface area contributed by atoms with E-state index in [-0.39, 0.29) is 12.5 Å². The van der Waals surface area contributed by atoms with Crippen LogP contribution in [0.3, 0.4) is 0 Å². The second-order valence-electron chi connectivity index (χ2n) is 3.05. The van der Waals surface area contributed by atoms with E-state index in [1.54, 1.807) is 6.92 Å². The number of amides is 1. The van der Waals surface area contributed by atoms with Gasteiger partial charge in [-0.1, -0.05) is 13.8 Å². The highest BCUT2D eigenvalue weighted by Crippen LogP contribution is 2.01. The molecule has 82 valence electrons. The van der Waals surface area contributed by atoms with Crippen molar-refractivity contribution >= 4 is 11.9 Å². The maximum atomic E-state index is 11.4. The lowest BCUT2D eigenvalue weighted by atomic mass is 10.2. The molecular weight excluding hydrogens is 184 g/mol. The molecule has 1 atom stereocenters. The lowest BCUT2D eigenvalue weighted by molar-refractivity contribution is -0.148. The van der Waals surface area contributed by atoms with Crippen LogP contribution in [-0.2, 0) is 9.59 Å². The van der Waals surface area contributed by atoms with E-state index >= 15 is 0 Å². The summed E-state index contributed by atoms with van der Waals surface area (Å²) in [5, 5.41) is 11.7. The first-order valence-corrected chi connectivity index (χ1v) is 4.73. The normalized spacial score (nSPS) is 12.2. The fraction of sp³-hybridized carbons (Fsp3) is 0.778. The van der Waals surface area contributed by atoms with E-state index in [1.165, 1.54) is 11.9 Å². The molecule has 0 aliphatic rings. The number of carbonyl (C=O) groups is 2. The molecule has 0 saturated heterocycles. The first-order valence-electron chi connectivity index (χ1n) is 4.73. The van der Waals surface area contributed by atoms with Gasteiger partial charge in [0.1, 0.15) is 6.04 Å². The second kappa shape index (κ2) is 6.37. The summed E-state index contributed by atoms with van der Waals surface area (Å²) >= 11 is 0. The summed E-state index contributed by atoms with van der Waals surface area (Å²) in [6.45, 7) is 4.53. The molecule has 0 aromatic rings. The standard InChI is InChI=1S/C9H18N2O3/c1-4-7(9(13)14)11(3)8(12)6-10-5-2/h7,10H,4-6H2,1-3H3,(H,13,14). The summed E-state index contributed by atoms with van der Waals surface area (Å²) in [4.78, 5) is 23.4. The molecule has 0 aliphatic heterocycles. The largest absolute Gasteiger partial charge is 0.480 e. The fourth-order valence-electron chi connectivity index (χ4n) is 1.14. The van der Waals surface area contributed by atoms with Crippen LogP contribution in [0.25, 0.3) is 0 Å². The lowest BCUT2D eigenvalue weighted by Crippen LogP contribution is -2.45. The van der Waals surface area contributed by atoms with Crippen molar-refractivity contribution in [2.45, 2.75) is 26.3 Å². The van der Waals surface area contributed by atoms with Gasteiger partial charge in [-0.15, -0.1) is 0 Å². The van der Waals surface area contributed by atoms with E-state index in [9.17, 15) is 9.59 Å². The predicted octanol–water partition coefficient (Wildman–Crippen LogP) is -0.0825. The number of aliphatic carboxylic acids is 1. The minimum Gasteiger partial charge on any atom is -0.480 e. The molecule has 1 unspecified atom stereocenters. The van der Waals surface area contributed by atoms with Crippen LogP contribution >= 0.6 is 0 Å². The number of carbonyl (C=O) groups excluding carboxylic acids is 1. The van der Waals surface area contributed by atoms with Crippen molar-refractivity contribution in [1.29, 1.82) is 0 Å². The second-order valence-corrected chi connectivity index (χ2v) is 3.05. The Bertz CT molecular complexity index is 206. The Balaban J connectivity index is 4.20. The molecule has 5 heteroatoms. The molecular formula is C9H18N2O3. The smallest absolute Gasteiger partial charge is 0.326 e. The van der Waals surface area contributed by atoms with Gasteiger partial charge in [0.15, 0.2) is 0 Å². The van der Waals surface area contributed by atoms with Crippen molar-refractivity contribution in [1.82, 2.24) is 10.2 Å². The lowest BCUT2D eigenvalue weighted by Gasteiger charge is -2.23. The predicted molar refractivity (Wildman–Crippen MR) is 53.0 cm³/mol. The van der Waals surface area contributed by atoms with E-state index in [2.05, 4.69) is 5.32 Å². The van der Waals surface area contributed by atoms with Gasteiger partial charge in [-0.2, -0.15) is 0 Å². The number of likely N-dealkylation sites (N-methyl/N-ethyl adjacent to an activating group) is 2. The van der Waals surface area contributed by atoms with Crippen molar-refractivity contribution in [3.63, 3.8) is 0 Å². The zero-order valence-corrected chi connectivity index (χ0v) is 8.91. The summed E-state index contributed by atoms with van der Waals surface area (Å²) in [6.07, 6.45) is 0.420. The van der Waals surface area contributed by atoms with Gasteiger partial charge in [-0.25, -0.2) is 4.79 Å². The van der Waals surface area contributed by atoms with Crippen LogP contribution in [0, 0.1) is 0 Å². The Labute approximate surface area is 84.1 Å². The first-order chi connectivity index (χ1) is 6.54. The number of nitrogens with zero attached hydrogens (tertiary/aromatic N) is 1. The Morgan fingerprint density at radius 2 is 2.00 bits per heavy atom. The molecule has 0 aliphatic carbocycles. The van der Waals surface area contributed by atoms with E-state index in [0.717, 1.165) is 0 Å². The van der Waals surface area contributed by atoms with Crippen LogP contribution in [0.4, 0.5) is 0 Å². The Kier molecular flexibility index (Phi) is 5.87. The third-order valence-corrected chi connectivity index (χ3v) is 2.06. The van der Waals surface area contributed by atoms with E-state index in [4.69, 9.17) is 5.11 Å². The maximum Gasteiger partial charge on any atom is 0.326 e. The summed E-state index contributed by atoms with van der Waals surface area (Å²) in [6, 6.07) is -0.721. The van der Waals surface area contributed by atoms with Crippen molar-refractivity contribution in [3.05, 3.63) is 0 Å². The molecule has 0 bridgehead atoms. The van der Waals surface area contributed by atoms with Crippen LogP contribution < -0.4 is 5.32 Å². The van der Waals surface area contributed by atoms with Crippen molar-refractivity contribution in [2.75, 3.05) is 20.1 Å². The highest BCUT2D eigenvalue weighted by atomic mass is 16.4. The van der Waals surface area contributed by atoms with Gasteiger partial charge in [-0.3, -0.25) is 4.79 Å². The van der Waals surface area contributed by atoms with Crippen LogP contribution in [0.5, 0.6) is 0 Å². The molecule has 14 heavy (non-hydrogen) atoms. The zero-order valence-electron chi connectivity index (χ0n) is 8.91. The molecule has 0 aromatic carbocycles. The highest BCUT2D eigenvalue weighted by Gasteiger charge is 2.23. The van der Waals surface area contributed by atoms with Crippen LogP contribution in [0.1, 0.15) is 20.3 Å². The minimum absolute atomic E-state index is 0.191. The topological polar surface area (TPSA) is 69.6 Å². The van der Waals surface area contributed by atoms with Gasteiger partial charge in [0.2, 0.25) is 5.91 Å². The molecule has 0 spiro atoms. The number of nitrogens with one attached hydrogen (secondary N) is 1. The minimum atomic E-state index is -0.958. The van der Waals surface area contributed by atoms with Crippen molar-refractivity contribution < 1.29 is 14.7 Å². The van der Waals surface area contributed by atoms with Gasteiger partial charge < -0.3 is 15.3 Å². The summed E-state index contributed by atoms with van der Waals surface area (Å²) < 4.78 is 0. The highest BCUT2D eigenvalue weighted by molar-refractivity contribution is 5.84. The SMILES string of the molecule is CCNCC(=O)N(C)C(CC)C(=O)O. The number of hydrogen-bond donors (Lipinski definition) is 2. The fourth-order valence-corrected chi connectivity index (χ4v) is 1.14. The monoisotopic (exact) mass is 202 g/mol. The van der Waals surface area contributed by atoms with Crippen LogP contribution in [-0.4, -0.2) is 48.1 Å². The third-order valence-electron chi connectivity index (χ3n) is 2.06. The Morgan fingerprint density at radius 3 is 2.36 bits per heavy atom. The molecule has 1 amide bonds. The van der Waals surface area contributed by atoms with Crippen molar-refractivity contribution in [2.24, 2.45) is 0 Å². The molecule has 0 fully saturated rings. The average Bonchev–Trinajstić information content (AvgIpc) is 2.14. The zero-order chi connectivity index (χ0) is 11.1. The van der Waals surface area contributed by atoms with E-state index < -0.39 is 12.0 Å². The summed E-state index contributed by atoms with van der Waals surface area (Å²) in [7, 11) is 1.52. The summed E-state index contributed by atoms with van der Waals surface area (Å²) in [5.74, 6) is -1.15. The van der Waals surface area contributed by atoms with Gasteiger partial charge in [-0.05, 0) is 13.0 Å². The van der Waals surface area contributed by atoms with E-state index in [1.807, 2.05) is 6.92 Å². The average molecular weight is 202 g/mol. The number of hydrogen-bond acceptors (Lipinski definition) is 3. The molecule has 0 radical (unpaired) electrons. The first kappa shape index (κ1) is 12.9. The quantitative estimate of drug-likeness (QED) is 0.632. The number of carboxylic acid groups (broad SMARTS) is 1. The Hall–Kier alpha value is -1.10. The van der Waals surface area contributed by atoms with Gasteiger partial charge in [0, 0.05) is 7.05 Å². The van der Waals surface area contributed by atoms with Crippen molar-refractivity contribution in [3.8, 4) is 0 Å². The molecule has 0 rings (SSSR count). The number of carboxylic acids is 1.